The molecule has 1 unspecified atom stereocenters. The fourth-order valence-electron chi connectivity index (χ4n) is 4.44. The first-order valence-corrected chi connectivity index (χ1v) is 11.1. The molecule has 5 rings (SSSR count). The third kappa shape index (κ3) is 4.26. The van der Waals surface area contributed by atoms with E-state index in [9.17, 15) is 5.26 Å². The van der Waals surface area contributed by atoms with Crippen LogP contribution >= 0.6 is 11.6 Å². The number of morpholine rings is 1. The number of aromatic nitrogens is 2. The van der Waals surface area contributed by atoms with Gasteiger partial charge >= 0.3 is 0 Å². The molecule has 1 atom stereocenters. The number of benzene rings is 2. The number of nitriles is 1. The fraction of sp³-hybridized carbons (Fsp3) is 0.231. The quantitative estimate of drug-likeness (QED) is 0.451. The van der Waals surface area contributed by atoms with Crippen molar-refractivity contribution >= 4 is 22.5 Å². The summed E-state index contributed by atoms with van der Waals surface area (Å²) in [5, 5.41) is 11.2. The Bertz CT molecular complexity index is 1290. The minimum absolute atomic E-state index is 0.148. The number of hydrogen-bond acceptors (Lipinski definition) is 4. The Morgan fingerprint density at radius 2 is 1.97 bits per heavy atom. The van der Waals surface area contributed by atoms with Crippen molar-refractivity contribution in [3.8, 4) is 17.2 Å². The predicted molar refractivity (Wildman–Crippen MR) is 127 cm³/mol. The van der Waals surface area contributed by atoms with Crippen LogP contribution in [-0.2, 0) is 11.2 Å². The molecular formula is C26H23ClN4O. The lowest BCUT2D eigenvalue weighted by Gasteiger charge is -2.35. The summed E-state index contributed by atoms with van der Waals surface area (Å²) in [6, 6.07) is 18.3. The van der Waals surface area contributed by atoms with Gasteiger partial charge in [-0.15, -0.1) is 0 Å². The van der Waals surface area contributed by atoms with Crippen LogP contribution in [0, 0.1) is 11.3 Å². The fourth-order valence-corrected chi connectivity index (χ4v) is 4.63. The van der Waals surface area contributed by atoms with E-state index in [2.05, 4.69) is 39.3 Å². The van der Waals surface area contributed by atoms with Gasteiger partial charge in [0.25, 0.3) is 0 Å². The summed E-state index contributed by atoms with van der Waals surface area (Å²) >= 11 is 6.22. The molecule has 0 aliphatic carbocycles. The normalized spacial score (nSPS) is 15.5. The number of nitrogens with zero attached hydrogens (tertiary/aromatic N) is 3. The van der Waals surface area contributed by atoms with Crippen molar-refractivity contribution in [2.24, 2.45) is 0 Å². The average Bonchev–Trinajstić information content (AvgIpc) is 3.25. The molecule has 4 aromatic rings. The van der Waals surface area contributed by atoms with Crippen molar-refractivity contribution < 1.29 is 4.74 Å². The van der Waals surface area contributed by atoms with Gasteiger partial charge in [0.2, 0.25) is 0 Å². The van der Waals surface area contributed by atoms with E-state index in [1.165, 1.54) is 5.56 Å². The Balaban J connectivity index is 1.54. The van der Waals surface area contributed by atoms with Crippen LogP contribution in [0.15, 0.2) is 67.1 Å². The second-order valence-electron chi connectivity index (χ2n) is 8.07. The summed E-state index contributed by atoms with van der Waals surface area (Å²) < 4.78 is 5.61. The van der Waals surface area contributed by atoms with Crippen LogP contribution in [0.4, 0.5) is 0 Å². The van der Waals surface area contributed by atoms with Crippen LogP contribution in [0.25, 0.3) is 22.0 Å². The maximum atomic E-state index is 9.35. The number of halogens is 1. The third-order valence-electron chi connectivity index (χ3n) is 6.10. The molecule has 5 nitrogen and oxygen atoms in total. The van der Waals surface area contributed by atoms with Gasteiger partial charge in [-0.1, -0.05) is 23.7 Å². The van der Waals surface area contributed by atoms with Crippen molar-refractivity contribution in [1.29, 1.82) is 5.26 Å². The first-order chi connectivity index (χ1) is 15.7. The molecule has 1 fully saturated rings. The van der Waals surface area contributed by atoms with Crippen LogP contribution in [-0.4, -0.2) is 41.2 Å². The molecule has 3 heterocycles. The van der Waals surface area contributed by atoms with Crippen molar-refractivity contribution in [2.75, 3.05) is 26.3 Å². The predicted octanol–water partition coefficient (Wildman–Crippen LogP) is 5.37. The highest BCUT2D eigenvalue weighted by molar-refractivity contribution is 6.30. The van der Waals surface area contributed by atoms with Gasteiger partial charge < -0.3 is 9.72 Å². The Morgan fingerprint density at radius 3 is 2.78 bits per heavy atom. The summed E-state index contributed by atoms with van der Waals surface area (Å²) in [6.45, 7) is 3.20. The topological polar surface area (TPSA) is 64.9 Å². The summed E-state index contributed by atoms with van der Waals surface area (Å²) in [5.74, 6) is 0. The molecule has 0 saturated carbocycles. The molecule has 0 spiro atoms. The Kier molecular flexibility index (Phi) is 5.91. The van der Waals surface area contributed by atoms with Crippen LogP contribution in [0.2, 0.25) is 5.02 Å². The summed E-state index contributed by atoms with van der Waals surface area (Å²) in [5.41, 5.74) is 6.18. The smallest absolute Gasteiger partial charge is 0.0991 e. The van der Waals surface area contributed by atoms with E-state index in [1.807, 2.05) is 48.8 Å². The van der Waals surface area contributed by atoms with E-state index in [0.29, 0.717) is 10.6 Å². The molecule has 32 heavy (non-hydrogen) atoms. The number of fused-ring (bicyclic) bond motifs is 1. The maximum absolute atomic E-state index is 9.35. The number of nitrogens with one attached hydrogen (secondary N) is 1. The lowest BCUT2D eigenvalue weighted by molar-refractivity contribution is 0.0161. The van der Waals surface area contributed by atoms with Gasteiger partial charge in [-0.05, 0) is 59.5 Å². The minimum Gasteiger partial charge on any atom is -0.379 e. The second kappa shape index (κ2) is 9.13. The van der Waals surface area contributed by atoms with Crippen LogP contribution in [0.1, 0.15) is 22.7 Å². The zero-order valence-corrected chi connectivity index (χ0v) is 18.3. The van der Waals surface area contributed by atoms with Gasteiger partial charge in [0.05, 0.1) is 24.8 Å². The van der Waals surface area contributed by atoms with Crippen molar-refractivity contribution in [1.82, 2.24) is 14.9 Å². The van der Waals surface area contributed by atoms with Gasteiger partial charge in [0.15, 0.2) is 0 Å². The molecule has 2 aromatic carbocycles. The molecule has 1 aliphatic rings. The second-order valence-corrected chi connectivity index (χ2v) is 8.51. The van der Waals surface area contributed by atoms with Gasteiger partial charge in [0, 0.05) is 59.2 Å². The lowest BCUT2D eigenvalue weighted by atomic mass is 9.95. The van der Waals surface area contributed by atoms with Crippen LogP contribution in [0.3, 0.4) is 0 Å². The van der Waals surface area contributed by atoms with E-state index in [0.717, 1.165) is 60.3 Å². The molecule has 6 heteroatoms. The third-order valence-corrected chi connectivity index (χ3v) is 6.33. The maximum Gasteiger partial charge on any atom is 0.0991 e. The van der Waals surface area contributed by atoms with Crippen molar-refractivity contribution in [3.63, 3.8) is 0 Å². The van der Waals surface area contributed by atoms with E-state index in [-0.39, 0.29) is 6.04 Å². The van der Waals surface area contributed by atoms with E-state index in [1.54, 1.807) is 0 Å². The molecule has 1 aliphatic heterocycles. The van der Waals surface area contributed by atoms with Gasteiger partial charge in [-0.25, -0.2) is 0 Å². The standard InChI is InChI=1S/C26H23ClN4O/c27-23-3-1-2-19(12-23)20-11-22(16-29-15-20)26(31-6-8-32-9-7-31)13-21-17-30-25-5-4-18(14-28)10-24(21)25/h1-5,10-12,15-17,26,30H,6-9,13H2. The lowest BCUT2D eigenvalue weighted by Crippen LogP contribution is -2.40. The van der Waals surface area contributed by atoms with Crippen LogP contribution < -0.4 is 0 Å². The van der Waals surface area contributed by atoms with E-state index >= 15 is 0 Å². The molecule has 0 radical (unpaired) electrons. The molecule has 2 aromatic heterocycles. The van der Waals surface area contributed by atoms with E-state index in [4.69, 9.17) is 16.3 Å². The number of H-pyrrole nitrogens is 1. The minimum atomic E-state index is 0.148. The van der Waals surface area contributed by atoms with Crippen molar-refractivity contribution in [3.05, 3.63) is 88.8 Å². The number of hydrogen-bond donors (Lipinski definition) is 1. The van der Waals surface area contributed by atoms with Crippen molar-refractivity contribution in [2.45, 2.75) is 12.5 Å². The molecule has 1 N–H and O–H groups in total. The Hall–Kier alpha value is -3.17. The monoisotopic (exact) mass is 442 g/mol. The molecule has 0 amide bonds. The van der Waals surface area contributed by atoms with Gasteiger partial charge in [-0.3, -0.25) is 9.88 Å². The van der Waals surface area contributed by atoms with E-state index < -0.39 is 0 Å². The molecule has 1 saturated heterocycles. The first-order valence-electron chi connectivity index (χ1n) is 10.7. The van der Waals surface area contributed by atoms with Gasteiger partial charge in [0.1, 0.15) is 0 Å². The summed E-state index contributed by atoms with van der Waals surface area (Å²) in [6.07, 6.45) is 6.73. The molecular weight excluding hydrogens is 420 g/mol. The largest absolute Gasteiger partial charge is 0.379 e. The zero-order valence-electron chi connectivity index (χ0n) is 17.6. The molecule has 160 valence electrons. The highest BCUT2D eigenvalue weighted by atomic mass is 35.5. The number of rotatable bonds is 5. The number of ether oxygens (including phenoxy) is 1. The number of aromatic amines is 1. The Morgan fingerprint density at radius 1 is 1.09 bits per heavy atom. The number of pyridine rings is 1. The highest BCUT2D eigenvalue weighted by Gasteiger charge is 2.25. The summed E-state index contributed by atoms with van der Waals surface area (Å²) in [7, 11) is 0. The zero-order chi connectivity index (χ0) is 21.9. The Labute approximate surface area is 192 Å². The molecule has 0 bridgehead atoms. The summed E-state index contributed by atoms with van der Waals surface area (Å²) in [4.78, 5) is 10.4. The first kappa shape index (κ1) is 20.7. The van der Waals surface area contributed by atoms with Gasteiger partial charge in [-0.2, -0.15) is 5.26 Å². The average molecular weight is 443 g/mol. The van der Waals surface area contributed by atoms with Crippen LogP contribution in [0.5, 0.6) is 0 Å². The SMILES string of the molecule is N#Cc1ccc2[nH]cc(CC(c3cncc(-c4cccc(Cl)c4)c3)N3CCOCC3)c2c1. The highest BCUT2D eigenvalue weighted by Crippen LogP contribution is 2.32.